The molecule has 0 radical (unpaired) electrons. The zero-order valence-corrected chi connectivity index (χ0v) is 18.4. The number of benzene rings is 1. The van der Waals surface area contributed by atoms with Gasteiger partial charge in [-0.15, -0.1) is 11.3 Å². The predicted octanol–water partition coefficient (Wildman–Crippen LogP) is 3.10. The number of methoxy groups -OCH3 is 2. The van der Waals surface area contributed by atoms with E-state index in [1.165, 1.54) is 20.3 Å². The van der Waals surface area contributed by atoms with Crippen LogP contribution in [0.3, 0.4) is 0 Å². The molecule has 30 heavy (non-hydrogen) atoms. The van der Waals surface area contributed by atoms with Gasteiger partial charge in [-0.25, -0.2) is 13.1 Å². The predicted molar refractivity (Wildman–Crippen MR) is 117 cm³/mol. The van der Waals surface area contributed by atoms with Gasteiger partial charge in [0.2, 0.25) is 10.0 Å². The molecular formula is C20H24N4O4S2. The second-order valence-corrected chi connectivity index (χ2v) is 9.65. The molecule has 0 spiro atoms. The number of piperidine rings is 1. The van der Waals surface area contributed by atoms with Gasteiger partial charge < -0.3 is 14.4 Å². The molecule has 2 N–H and O–H groups in total. The maximum absolute atomic E-state index is 13.0. The Morgan fingerprint density at radius 2 is 1.97 bits per heavy atom. The number of rotatable bonds is 7. The fourth-order valence-electron chi connectivity index (χ4n) is 3.53. The van der Waals surface area contributed by atoms with E-state index in [1.807, 2.05) is 17.5 Å². The van der Waals surface area contributed by atoms with Gasteiger partial charge in [-0.1, -0.05) is 6.07 Å². The monoisotopic (exact) mass is 448 g/mol. The molecule has 1 aromatic carbocycles. The van der Waals surface area contributed by atoms with Crippen LogP contribution in [0.4, 0.5) is 5.82 Å². The summed E-state index contributed by atoms with van der Waals surface area (Å²) in [6.07, 6.45) is 1.37. The Balaban J connectivity index is 1.41. The quantitative estimate of drug-likeness (QED) is 0.577. The average Bonchev–Trinajstić information content (AvgIpc) is 3.45. The molecule has 4 rings (SSSR count). The van der Waals surface area contributed by atoms with Gasteiger partial charge >= 0.3 is 0 Å². The summed E-state index contributed by atoms with van der Waals surface area (Å²) in [5, 5.41) is 9.54. The Kier molecular flexibility index (Phi) is 5.98. The molecule has 1 fully saturated rings. The number of hydrogen-bond donors (Lipinski definition) is 2. The van der Waals surface area contributed by atoms with Crippen molar-refractivity contribution in [3.63, 3.8) is 0 Å². The van der Waals surface area contributed by atoms with Crippen LogP contribution in [0, 0.1) is 0 Å². The third-order valence-electron chi connectivity index (χ3n) is 5.15. The highest BCUT2D eigenvalue weighted by molar-refractivity contribution is 7.89. The number of sulfonamides is 1. The first-order valence-electron chi connectivity index (χ1n) is 9.59. The minimum Gasteiger partial charge on any atom is -0.497 e. The van der Waals surface area contributed by atoms with Crippen LogP contribution >= 0.6 is 11.3 Å². The van der Waals surface area contributed by atoms with Gasteiger partial charge in [-0.3, -0.25) is 5.10 Å². The lowest BCUT2D eigenvalue weighted by atomic mass is 10.1. The van der Waals surface area contributed by atoms with Crippen molar-refractivity contribution in [2.45, 2.75) is 23.8 Å². The van der Waals surface area contributed by atoms with Crippen LogP contribution in [0.5, 0.6) is 11.5 Å². The number of aromatic nitrogens is 2. The highest BCUT2D eigenvalue weighted by Gasteiger charge is 2.28. The van der Waals surface area contributed by atoms with Crippen LogP contribution in [-0.2, 0) is 10.0 Å². The molecule has 0 bridgehead atoms. The third kappa shape index (κ3) is 4.30. The molecule has 160 valence electrons. The van der Waals surface area contributed by atoms with Crippen molar-refractivity contribution < 1.29 is 17.9 Å². The van der Waals surface area contributed by atoms with Crippen molar-refractivity contribution in [2.75, 3.05) is 32.2 Å². The third-order valence-corrected chi connectivity index (χ3v) is 7.60. The molecule has 1 aliphatic rings. The lowest BCUT2D eigenvalue weighted by Gasteiger charge is -2.32. The molecule has 10 heteroatoms. The number of anilines is 1. The summed E-state index contributed by atoms with van der Waals surface area (Å²) < 4.78 is 39.1. The Hall–Kier alpha value is -2.56. The summed E-state index contributed by atoms with van der Waals surface area (Å²) in [4.78, 5) is 3.40. The Morgan fingerprint density at radius 3 is 2.63 bits per heavy atom. The number of thiophene rings is 1. The standard InChI is InChI=1S/C20H24N4O4S2/c1-27-15-5-6-17(28-2)19(12-15)30(25,26)23-14-7-9-24(10-8-14)20-13-16(21-22-20)18-4-3-11-29-18/h3-6,11-14,23H,7-10H2,1-2H3,(H,21,22). The van der Waals surface area contributed by atoms with Crippen LogP contribution in [0.1, 0.15) is 12.8 Å². The molecule has 1 aliphatic heterocycles. The van der Waals surface area contributed by atoms with E-state index in [0.29, 0.717) is 24.3 Å². The van der Waals surface area contributed by atoms with Crippen molar-refractivity contribution in [3.8, 4) is 22.1 Å². The smallest absolute Gasteiger partial charge is 0.244 e. The molecule has 3 heterocycles. The number of aromatic amines is 1. The van der Waals surface area contributed by atoms with Crippen LogP contribution < -0.4 is 19.1 Å². The molecule has 8 nitrogen and oxygen atoms in total. The average molecular weight is 449 g/mol. The zero-order valence-electron chi connectivity index (χ0n) is 16.8. The van der Waals surface area contributed by atoms with Crippen LogP contribution in [0.25, 0.3) is 10.6 Å². The van der Waals surface area contributed by atoms with E-state index < -0.39 is 10.0 Å². The highest BCUT2D eigenvalue weighted by atomic mass is 32.2. The first kappa shape index (κ1) is 20.7. The van der Waals surface area contributed by atoms with E-state index in [0.717, 1.165) is 29.5 Å². The lowest BCUT2D eigenvalue weighted by Crippen LogP contribution is -2.44. The highest BCUT2D eigenvalue weighted by Crippen LogP contribution is 2.30. The van der Waals surface area contributed by atoms with E-state index in [4.69, 9.17) is 9.47 Å². The van der Waals surface area contributed by atoms with Crippen LogP contribution in [0.15, 0.2) is 46.7 Å². The van der Waals surface area contributed by atoms with E-state index >= 15 is 0 Å². The summed E-state index contributed by atoms with van der Waals surface area (Å²) >= 11 is 1.66. The molecule has 1 saturated heterocycles. The topological polar surface area (TPSA) is 96.5 Å². The van der Waals surface area contributed by atoms with E-state index in [1.54, 1.807) is 23.5 Å². The molecule has 2 aromatic heterocycles. The van der Waals surface area contributed by atoms with Gasteiger partial charge in [0.05, 0.1) is 24.8 Å². The van der Waals surface area contributed by atoms with Gasteiger partial charge in [-0.2, -0.15) is 5.10 Å². The largest absolute Gasteiger partial charge is 0.497 e. The number of nitrogens with zero attached hydrogens (tertiary/aromatic N) is 2. The SMILES string of the molecule is COc1ccc(OC)c(S(=O)(=O)NC2CCN(c3cc(-c4cccs4)[nH]n3)CC2)c1. The second kappa shape index (κ2) is 8.66. The number of nitrogens with one attached hydrogen (secondary N) is 2. The lowest BCUT2D eigenvalue weighted by molar-refractivity contribution is 0.390. The van der Waals surface area contributed by atoms with E-state index in [2.05, 4.69) is 25.9 Å². The van der Waals surface area contributed by atoms with Crippen molar-refractivity contribution in [2.24, 2.45) is 0 Å². The molecular weight excluding hydrogens is 424 g/mol. The van der Waals surface area contributed by atoms with Gasteiger partial charge in [0.1, 0.15) is 16.4 Å². The first-order chi connectivity index (χ1) is 14.5. The molecule has 0 atom stereocenters. The Bertz CT molecular complexity index is 1090. The van der Waals surface area contributed by atoms with Gasteiger partial charge in [0.25, 0.3) is 0 Å². The summed E-state index contributed by atoms with van der Waals surface area (Å²) in [6, 6.07) is 10.7. The summed E-state index contributed by atoms with van der Waals surface area (Å²) in [6.45, 7) is 1.44. The van der Waals surface area contributed by atoms with Gasteiger partial charge in [0.15, 0.2) is 5.82 Å². The molecule has 0 saturated carbocycles. The van der Waals surface area contributed by atoms with E-state index in [9.17, 15) is 8.42 Å². The number of H-pyrrole nitrogens is 1. The normalized spacial score (nSPS) is 15.3. The van der Waals surface area contributed by atoms with Crippen molar-refractivity contribution in [1.82, 2.24) is 14.9 Å². The number of ether oxygens (including phenoxy) is 2. The summed E-state index contributed by atoms with van der Waals surface area (Å²) in [7, 11) is -0.785. The van der Waals surface area contributed by atoms with E-state index in [-0.39, 0.29) is 10.9 Å². The van der Waals surface area contributed by atoms with Crippen molar-refractivity contribution in [3.05, 3.63) is 41.8 Å². The maximum Gasteiger partial charge on any atom is 0.244 e. The fraction of sp³-hybridized carbons (Fsp3) is 0.350. The molecule has 3 aromatic rings. The molecule has 0 amide bonds. The molecule has 0 unspecified atom stereocenters. The zero-order chi connectivity index (χ0) is 21.1. The van der Waals surface area contributed by atoms with Crippen LogP contribution in [-0.4, -0.2) is 52.0 Å². The van der Waals surface area contributed by atoms with Gasteiger partial charge in [-0.05, 0) is 36.4 Å². The fourth-order valence-corrected chi connectivity index (χ4v) is 5.72. The number of hydrogen-bond acceptors (Lipinski definition) is 7. The van der Waals surface area contributed by atoms with Crippen LogP contribution in [0.2, 0.25) is 0 Å². The van der Waals surface area contributed by atoms with Gasteiger partial charge in [0, 0.05) is 31.3 Å². The second-order valence-electron chi connectivity index (χ2n) is 7.02. The van der Waals surface area contributed by atoms with Crippen molar-refractivity contribution in [1.29, 1.82) is 0 Å². The summed E-state index contributed by atoms with van der Waals surface area (Å²) in [5.74, 6) is 1.64. The maximum atomic E-state index is 13.0. The summed E-state index contributed by atoms with van der Waals surface area (Å²) in [5.41, 5.74) is 0.993. The Labute approximate surface area is 179 Å². The Morgan fingerprint density at radius 1 is 1.17 bits per heavy atom. The van der Waals surface area contributed by atoms with Crippen molar-refractivity contribution >= 4 is 27.2 Å². The molecule has 0 aliphatic carbocycles. The minimum atomic E-state index is -3.74. The first-order valence-corrected chi connectivity index (χ1v) is 11.9. The minimum absolute atomic E-state index is 0.0830.